The highest BCUT2D eigenvalue weighted by atomic mass is 32.1. The van der Waals surface area contributed by atoms with Crippen LogP contribution >= 0.6 is 12.2 Å². The third-order valence-corrected chi connectivity index (χ3v) is 3.55. The molecule has 3 N–H and O–H groups in total. The summed E-state index contributed by atoms with van der Waals surface area (Å²) in [4.78, 5) is 33.8. The predicted molar refractivity (Wildman–Crippen MR) is 101 cm³/mol. The summed E-state index contributed by atoms with van der Waals surface area (Å²) in [7, 11) is 0. The third kappa shape index (κ3) is 6.04. The highest BCUT2D eigenvalue weighted by Crippen LogP contribution is 2.16. The third-order valence-electron chi connectivity index (χ3n) is 3.35. The molecule has 0 saturated carbocycles. The molecule has 0 spiro atoms. The SMILES string of the molecule is Cc1ccccc1C(=O)NC(=S)NNC(=O)COc1ccc([N+](=O)[O-])cc1. The van der Waals surface area contributed by atoms with Crippen molar-refractivity contribution in [1.29, 1.82) is 0 Å². The summed E-state index contributed by atoms with van der Waals surface area (Å²) >= 11 is 4.95. The molecule has 0 aliphatic rings. The van der Waals surface area contributed by atoms with E-state index in [0.29, 0.717) is 11.3 Å². The Labute approximate surface area is 159 Å². The summed E-state index contributed by atoms with van der Waals surface area (Å²) in [5.41, 5.74) is 5.85. The van der Waals surface area contributed by atoms with Gasteiger partial charge in [0.25, 0.3) is 17.5 Å². The zero-order chi connectivity index (χ0) is 19.8. The summed E-state index contributed by atoms with van der Waals surface area (Å²) in [6, 6.07) is 12.3. The molecule has 0 aliphatic heterocycles. The molecule has 0 saturated heterocycles. The van der Waals surface area contributed by atoms with Crippen molar-refractivity contribution < 1.29 is 19.2 Å². The smallest absolute Gasteiger partial charge is 0.276 e. The summed E-state index contributed by atoms with van der Waals surface area (Å²) in [5.74, 6) is -0.658. The lowest BCUT2D eigenvalue weighted by Gasteiger charge is -2.12. The zero-order valence-electron chi connectivity index (χ0n) is 14.2. The lowest BCUT2D eigenvalue weighted by molar-refractivity contribution is -0.384. The summed E-state index contributed by atoms with van der Waals surface area (Å²) in [6.07, 6.45) is 0. The first-order chi connectivity index (χ1) is 12.9. The van der Waals surface area contributed by atoms with E-state index in [0.717, 1.165) is 5.56 Å². The van der Waals surface area contributed by atoms with Crippen LogP contribution < -0.4 is 20.9 Å². The first-order valence-electron chi connectivity index (χ1n) is 7.70. The quantitative estimate of drug-likeness (QED) is 0.404. The maximum atomic E-state index is 12.1. The molecule has 0 unspecified atom stereocenters. The average Bonchev–Trinajstić information content (AvgIpc) is 2.65. The minimum atomic E-state index is -0.555. The number of carbonyl (C=O) groups is 2. The minimum absolute atomic E-state index is 0.0769. The number of ether oxygens (including phenoxy) is 1. The fraction of sp³-hybridized carbons (Fsp3) is 0.118. The van der Waals surface area contributed by atoms with Crippen molar-refractivity contribution in [3.8, 4) is 5.75 Å². The molecule has 10 heteroatoms. The number of nitrogens with one attached hydrogen (secondary N) is 3. The van der Waals surface area contributed by atoms with E-state index >= 15 is 0 Å². The summed E-state index contributed by atoms with van der Waals surface area (Å²) in [5, 5.41) is 12.9. The Balaban J connectivity index is 1.74. The van der Waals surface area contributed by atoms with E-state index in [1.165, 1.54) is 24.3 Å². The van der Waals surface area contributed by atoms with E-state index in [4.69, 9.17) is 17.0 Å². The number of carbonyl (C=O) groups excluding carboxylic acids is 2. The molecule has 2 aromatic rings. The van der Waals surface area contributed by atoms with Crippen LogP contribution in [-0.2, 0) is 4.79 Å². The molecule has 2 amide bonds. The average molecular weight is 388 g/mol. The largest absolute Gasteiger partial charge is 0.484 e. The number of nitro benzene ring substituents is 1. The van der Waals surface area contributed by atoms with Crippen LogP contribution in [0.5, 0.6) is 5.75 Å². The van der Waals surface area contributed by atoms with E-state index in [2.05, 4.69) is 16.2 Å². The second-order valence-corrected chi connectivity index (χ2v) is 5.72. The molecule has 0 radical (unpaired) electrons. The molecule has 0 fully saturated rings. The number of nitrogens with zero attached hydrogens (tertiary/aromatic N) is 1. The van der Waals surface area contributed by atoms with Gasteiger partial charge < -0.3 is 4.74 Å². The molecule has 2 rings (SSSR count). The van der Waals surface area contributed by atoms with Crippen molar-refractivity contribution in [3.05, 3.63) is 69.8 Å². The first kappa shape index (κ1) is 19.8. The molecule has 0 atom stereocenters. The molecular weight excluding hydrogens is 372 g/mol. The van der Waals surface area contributed by atoms with Crippen molar-refractivity contribution in [2.24, 2.45) is 0 Å². The number of amides is 2. The Morgan fingerprint density at radius 1 is 1.11 bits per heavy atom. The molecule has 0 aromatic heterocycles. The van der Waals surface area contributed by atoms with Crippen LogP contribution in [-0.4, -0.2) is 28.5 Å². The molecule has 0 bridgehead atoms. The topological polar surface area (TPSA) is 123 Å². The van der Waals surface area contributed by atoms with E-state index in [9.17, 15) is 19.7 Å². The van der Waals surface area contributed by atoms with Crippen LogP contribution in [0.3, 0.4) is 0 Å². The molecule has 27 heavy (non-hydrogen) atoms. The molecule has 140 valence electrons. The Bertz CT molecular complexity index is 870. The highest BCUT2D eigenvalue weighted by molar-refractivity contribution is 7.80. The van der Waals surface area contributed by atoms with Gasteiger partial charge in [-0.3, -0.25) is 35.9 Å². The Hall–Kier alpha value is -3.53. The van der Waals surface area contributed by atoms with Crippen LogP contribution in [0.25, 0.3) is 0 Å². The van der Waals surface area contributed by atoms with Crippen LogP contribution in [0.2, 0.25) is 0 Å². The fourth-order valence-electron chi connectivity index (χ4n) is 2.00. The van der Waals surface area contributed by atoms with E-state index in [1.807, 2.05) is 6.07 Å². The Morgan fingerprint density at radius 3 is 2.41 bits per heavy atom. The van der Waals surface area contributed by atoms with Gasteiger partial charge in [0, 0.05) is 17.7 Å². The van der Waals surface area contributed by atoms with Crippen molar-refractivity contribution in [1.82, 2.24) is 16.2 Å². The fourth-order valence-corrected chi connectivity index (χ4v) is 2.15. The van der Waals surface area contributed by atoms with Gasteiger partial charge in [-0.1, -0.05) is 18.2 Å². The predicted octanol–water partition coefficient (Wildman–Crippen LogP) is 1.62. The van der Waals surface area contributed by atoms with Crippen LogP contribution in [0, 0.1) is 17.0 Å². The van der Waals surface area contributed by atoms with Crippen LogP contribution in [0.15, 0.2) is 48.5 Å². The number of hydrazine groups is 1. The van der Waals surface area contributed by atoms with Gasteiger partial charge >= 0.3 is 0 Å². The van der Waals surface area contributed by atoms with Crippen molar-refractivity contribution in [3.63, 3.8) is 0 Å². The Morgan fingerprint density at radius 2 is 1.78 bits per heavy atom. The standard InChI is InChI=1S/C17H16N4O5S/c1-11-4-2-3-5-14(11)16(23)18-17(27)20-19-15(22)10-26-13-8-6-12(7-9-13)21(24)25/h2-9H,10H2,1H3,(H,19,22)(H2,18,20,23,27). The van der Waals surface area contributed by atoms with Crippen molar-refractivity contribution >= 4 is 34.8 Å². The monoisotopic (exact) mass is 388 g/mol. The molecular formula is C17H16N4O5S. The number of non-ortho nitro benzene ring substituents is 1. The van der Waals surface area contributed by atoms with Crippen molar-refractivity contribution in [2.45, 2.75) is 6.92 Å². The molecule has 2 aromatic carbocycles. The van der Waals surface area contributed by atoms with Gasteiger partial charge in [-0.15, -0.1) is 0 Å². The second kappa shape index (κ2) is 9.25. The van der Waals surface area contributed by atoms with Gasteiger partial charge in [0.2, 0.25) is 0 Å². The maximum absolute atomic E-state index is 12.1. The number of hydrogen-bond acceptors (Lipinski definition) is 6. The van der Waals surface area contributed by atoms with Crippen molar-refractivity contribution in [2.75, 3.05) is 6.61 Å². The number of hydrogen-bond donors (Lipinski definition) is 3. The summed E-state index contributed by atoms with van der Waals surface area (Å²) < 4.78 is 5.20. The van der Waals surface area contributed by atoms with Crippen LogP contribution in [0.4, 0.5) is 5.69 Å². The van der Waals surface area contributed by atoms with Gasteiger partial charge in [-0.2, -0.15) is 0 Å². The number of rotatable bonds is 5. The van der Waals surface area contributed by atoms with Gasteiger partial charge in [-0.05, 0) is 42.9 Å². The molecule has 0 heterocycles. The lowest BCUT2D eigenvalue weighted by atomic mass is 10.1. The zero-order valence-corrected chi connectivity index (χ0v) is 15.0. The van der Waals surface area contributed by atoms with Gasteiger partial charge in [-0.25, -0.2) is 0 Å². The highest BCUT2D eigenvalue weighted by Gasteiger charge is 2.11. The second-order valence-electron chi connectivity index (χ2n) is 5.31. The lowest BCUT2D eigenvalue weighted by Crippen LogP contribution is -2.49. The maximum Gasteiger partial charge on any atom is 0.276 e. The summed E-state index contributed by atoms with van der Waals surface area (Å²) in [6.45, 7) is 1.45. The number of thiocarbonyl (C=S) groups is 1. The van der Waals surface area contributed by atoms with Gasteiger partial charge in [0.1, 0.15) is 5.75 Å². The van der Waals surface area contributed by atoms with E-state index in [-0.39, 0.29) is 17.4 Å². The minimum Gasteiger partial charge on any atom is -0.484 e. The van der Waals surface area contributed by atoms with Crippen LogP contribution in [0.1, 0.15) is 15.9 Å². The van der Waals surface area contributed by atoms with Gasteiger partial charge in [0.05, 0.1) is 4.92 Å². The number of nitro groups is 1. The van der Waals surface area contributed by atoms with Gasteiger partial charge in [0.15, 0.2) is 11.7 Å². The molecule has 0 aliphatic carbocycles. The van der Waals surface area contributed by atoms with E-state index < -0.39 is 16.7 Å². The first-order valence-corrected chi connectivity index (χ1v) is 8.10. The number of benzene rings is 2. The number of aryl methyl sites for hydroxylation is 1. The Kier molecular flexibility index (Phi) is 6.78. The normalized spacial score (nSPS) is 9.81. The van der Waals surface area contributed by atoms with E-state index in [1.54, 1.807) is 25.1 Å². The molecule has 9 nitrogen and oxygen atoms in total.